The van der Waals surface area contributed by atoms with E-state index in [9.17, 15) is 9.59 Å². The number of benzene rings is 1. The van der Waals surface area contributed by atoms with E-state index in [0.717, 1.165) is 5.56 Å². The summed E-state index contributed by atoms with van der Waals surface area (Å²) in [7, 11) is 0. The van der Waals surface area contributed by atoms with Crippen molar-refractivity contribution in [2.75, 3.05) is 6.61 Å². The first-order chi connectivity index (χ1) is 9.34. The molecule has 0 aliphatic carbocycles. The van der Waals surface area contributed by atoms with Crippen molar-refractivity contribution in [2.45, 2.75) is 34.3 Å². The average Bonchev–Trinajstić information content (AvgIpc) is 2.42. The highest BCUT2D eigenvalue weighted by atomic mass is 16.6. The fourth-order valence-corrected chi connectivity index (χ4v) is 1.41. The van der Waals surface area contributed by atoms with Crippen LogP contribution >= 0.6 is 0 Å². The van der Waals surface area contributed by atoms with Crippen LogP contribution in [0.15, 0.2) is 30.3 Å². The monoisotopic (exact) mass is 278 g/mol. The molecular formula is C16H22O4. The Balaban J connectivity index is 2.54. The number of carbonyl (C=O) groups excluding carboxylic acids is 2. The minimum absolute atomic E-state index is 0.153. The van der Waals surface area contributed by atoms with Gasteiger partial charge in [-0.2, -0.15) is 0 Å². The van der Waals surface area contributed by atoms with Crippen molar-refractivity contribution in [3.63, 3.8) is 0 Å². The number of rotatable bonds is 6. The van der Waals surface area contributed by atoms with Crippen molar-refractivity contribution in [2.24, 2.45) is 11.3 Å². The molecule has 0 saturated carbocycles. The fraction of sp³-hybridized carbons (Fsp3) is 0.500. The van der Waals surface area contributed by atoms with E-state index in [1.165, 1.54) is 13.8 Å². The van der Waals surface area contributed by atoms with Crippen molar-refractivity contribution >= 4 is 11.9 Å². The zero-order chi connectivity index (χ0) is 15.2. The Morgan fingerprint density at radius 1 is 1.05 bits per heavy atom. The number of hydrogen-bond acceptors (Lipinski definition) is 4. The molecule has 0 spiro atoms. The van der Waals surface area contributed by atoms with Gasteiger partial charge in [0.15, 0.2) is 5.41 Å². The summed E-state index contributed by atoms with van der Waals surface area (Å²) in [5, 5.41) is 0. The highest BCUT2D eigenvalue weighted by molar-refractivity contribution is 5.99. The average molecular weight is 278 g/mol. The molecule has 0 aliphatic heterocycles. The van der Waals surface area contributed by atoms with Crippen LogP contribution < -0.4 is 0 Å². The maximum absolute atomic E-state index is 12.0. The first-order valence-corrected chi connectivity index (χ1v) is 6.72. The zero-order valence-electron chi connectivity index (χ0n) is 12.5. The van der Waals surface area contributed by atoms with Gasteiger partial charge >= 0.3 is 11.9 Å². The highest BCUT2D eigenvalue weighted by Gasteiger charge is 2.39. The Morgan fingerprint density at radius 3 is 2.15 bits per heavy atom. The lowest BCUT2D eigenvalue weighted by Gasteiger charge is -2.21. The van der Waals surface area contributed by atoms with Crippen molar-refractivity contribution in [1.82, 2.24) is 0 Å². The molecule has 20 heavy (non-hydrogen) atoms. The number of hydrogen-bond donors (Lipinski definition) is 0. The molecule has 0 radical (unpaired) electrons. The van der Waals surface area contributed by atoms with Crippen LogP contribution in [0, 0.1) is 11.3 Å². The molecule has 0 heterocycles. The molecule has 0 saturated heterocycles. The lowest BCUT2D eigenvalue weighted by Crippen LogP contribution is -2.37. The molecule has 1 rings (SSSR count). The molecular weight excluding hydrogens is 256 g/mol. The molecule has 1 aromatic rings. The predicted molar refractivity (Wildman–Crippen MR) is 75.8 cm³/mol. The van der Waals surface area contributed by atoms with Crippen LogP contribution in [0.1, 0.15) is 33.3 Å². The Hall–Kier alpha value is -1.84. The minimum Gasteiger partial charge on any atom is -0.465 e. The Labute approximate surface area is 120 Å². The third kappa shape index (κ3) is 4.68. The van der Waals surface area contributed by atoms with Gasteiger partial charge in [-0.25, -0.2) is 0 Å². The van der Waals surface area contributed by atoms with Crippen molar-refractivity contribution < 1.29 is 19.1 Å². The van der Waals surface area contributed by atoms with Crippen LogP contribution in [0.2, 0.25) is 0 Å². The van der Waals surface area contributed by atoms with E-state index in [-0.39, 0.29) is 12.5 Å². The Morgan fingerprint density at radius 2 is 1.60 bits per heavy atom. The summed E-state index contributed by atoms with van der Waals surface area (Å²) in [6.45, 7) is 7.36. The van der Waals surface area contributed by atoms with Gasteiger partial charge in [-0.3, -0.25) is 9.59 Å². The van der Waals surface area contributed by atoms with E-state index in [4.69, 9.17) is 9.47 Å². The van der Waals surface area contributed by atoms with E-state index < -0.39 is 17.4 Å². The van der Waals surface area contributed by atoms with E-state index >= 15 is 0 Å². The lowest BCUT2D eigenvalue weighted by atomic mass is 9.94. The van der Waals surface area contributed by atoms with E-state index in [1.807, 2.05) is 44.2 Å². The van der Waals surface area contributed by atoms with E-state index in [0.29, 0.717) is 6.61 Å². The molecule has 4 nitrogen and oxygen atoms in total. The molecule has 1 aromatic carbocycles. The Bertz CT molecular complexity index is 449. The summed E-state index contributed by atoms with van der Waals surface area (Å²) < 4.78 is 10.3. The van der Waals surface area contributed by atoms with Crippen LogP contribution in [-0.4, -0.2) is 18.5 Å². The molecule has 0 atom stereocenters. The molecule has 110 valence electrons. The Kier molecular flexibility index (Phi) is 5.74. The van der Waals surface area contributed by atoms with E-state index in [2.05, 4.69) is 0 Å². The van der Waals surface area contributed by atoms with Gasteiger partial charge in [0, 0.05) is 0 Å². The number of ether oxygens (including phenoxy) is 2. The van der Waals surface area contributed by atoms with E-state index in [1.54, 1.807) is 0 Å². The van der Waals surface area contributed by atoms with Gasteiger partial charge in [0.25, 0.3) is 0 Å². The van der Waals surface area contributed by atoms with Gasteiger partial charge in [0.1, 0.15) is 6.61 Å². The van der Waals surface area contributed by atoms with Crippen LogP contribution in [0.5, 0.6) is 0 Å². The first-order valence-electron chi connectivity index (χ1n) is 6.72. The molecule has 4 heteroatoms. The summed E-state index contributed by atoms with van der Waals surface area (Å²) in [4.78, 5) is 23.9. The predicted octanol–water partition coefficient (Wildman–Crippen LogP) is 2.96. The topological polar surface area (TPSA) is 52.6 Å². The van der Waals surface area contributed by atoms with Gasteiger partial charge in [-0.05, 0) is 25.3 Å². The molecule has 0 aliphatic rings. The summed E-state index contributed by atoms with van der Waals surface area (Å²) >= 11 is 0. The van der Waals surface area contributed by atoms with Crippen LogP contribution in [0.3, 0.4) is 0 Å². The summed E-state index contributed by atoms with van der Waals surface area (Å²) in [5.41, 5.74) is -0.406. The second-order valence-corrected chi connectivity index (χ2v) is 5.68. The van der Waals surface area contributed by atoms with Crippen molar-refractivity contribution in [3.05, 3.63) is 35.9 Å². The van der Waals surface area contributed by atoms with Gasteiger partial charge < -0.3 is 9.47 Å². The SMILES string of the molecule is CC(C)COC(=O)C(C)(C)C(=O)OCc1ccccc1. The third-order valence-electron chi connectivity index (χ3n) is 2.78. The van der Waals surface area contributed by atoms with Gasteiger partial charge in [0.05, 0.1) is 6.61 Å². The van der Waals surface area contributed by atoms with Gasteiger partial charge in [-0.1, -0.05) is 44.2 Å². The second kappa shape index (κ2) is 7.08. The zero-order valence-corrected chi connectivity index (χ0v) is 12.5. The standard InChI is InChI=1S/C16H22O4/c1-12(2)10-19-14(17)16(3,4)15(18)20-11-13-8-6-5-7-9-13/h5-9,12H,10-11H2,1-4H3. The van der Waals surface area contributed by atoms with Crippen LogP contribution in [-0.2, 0) is 25.7 Å². The molecule has 0 fully saturated rings. The van der Waals surface area contributed by atoms with Crippen molar-refractivity contribution in [1.29, 1.82) is 0 Å². The normalized spacial score (nSPS) is 11.2. The molecule has 0 aromatic heterocycles. The third-order valence-corrected chi connectivity index (χ3v) is 2.78. The smallest absolute Gasteiger partial charge is 0.323 e. The maximum atomic E-state index is 12.0. The number of carbonyl (C=O) groups is 2. The lowest BCUT2D eigenvalue weighted by molar-refractivity contribution is -0.171. The summed E-state index contributed by atoms with van der Waals surface area (Å²) in [6.07, 6.45) is 0. The summed E-state index contributed by atoms with van der Waals surface area (Å²) in [5.74, 6) is -0.894. The molecule has 0 bridgehead atoms. The number of esters is 2. The molecule has 0 unspecified atom stereocenters. The fourth-order valence-electron chi connectivity index (χ4n) is 1.41. The molecule has 0 N–H and O–H groups in total. The summed E-state index contributed by atoms with van der Waals surface area (Å²) in [6, 6.07) is 9.34. The quantitative estimate of drug-likeness (QED) is 0.593. The first kappa shape index (κ1) is 16.2. The van der Waals surface area contributed by atoms with Gasteiger partial charge in [0.2, 0.25) is 0 Å². The minimum atomic E-state index is -1.29. The van der Waals surface area contributed by atoms with Gasteiger partial charge in [-0.15, -0.1) is 0 Å². The largest absolute Gasteiger partial charge is 0.465 e. The van der Waals surface area contributed by atoms with Crippen LogP contribution in [0.25, 0.3) is 0 Å². The second-order valence-electron chi connectivity index (χ2n) is 5.68. The molecule has 0 amide bonds. The maximum Gasteiger partial charge on any atom is 0.323 e. The highest BCUT2D eigenvalue weighted by Crippen LogP contribution is 2.21. The van der Waals surface area contributed by atoms with Crippen molar-refractivity contribution in [3.8, 4) is 0 Å². The van der Waals surface area contributed by atoms with Crippen LogP contribution in [0.4, 0.5) is 0 Å².